The molecule has 14 heavy (non-hydrogen) atoms. The lowest BCUT2D eigenvalue weighted by Gasteiger charge is -2.28. The van der Waals surface area contributed by atoms with Gasteiger partial charge in [-0.2, -0.15) is 0 Å². The van der Waals surface area contributed by atoms with Crippen LogP contribution in [0, 0.1) is 5.92 Å². The van der Waals surface area contributed by atoms with Crippen LogP contribution >= 0.6 is 15.9 Å². The van der Waals surface area contributed by atoms with Crippen molar-refractivity contribution in [3.63, 3.8) is 0 Å². The molecule has 2 N–H and O–H groups in total. The molecular weight excluding hydrogens is 244 g/mol. The van der Waals surface area contributed by atoms with E-state index < -0.39 is 0 Å². The lowest BCUT2D eigenvalue weighted by atomic mass is 9.92. The van der Waals surface area contributed by atoms with Crippen LogP contribution in [-0.4, -0.2) is 25.0 Å². The summed E-state index contributed by atoms with van der Waals surface area (Å²) in [5.41, 5.74) is 0. The van der Waals surface area contributed by atoms with Crippen LogP contribution in [0.25, 0.3) is 0 Å². The fourth-order valence-corrected chi connectivity index (χ4v) is 1.83. The number of amides is 1. The molecule has 1 rings (SSSR count). The molecule has 0 saturated carbocycles. The van der Waals surface area contributed by atoms with Crippen molar-refractivity contribution in [2.75, 3.05) is 13.1 Å². The summed E-state index contributed by atoms with van der Waals surface area (Å²) >= 11 is 3.21. The van der Waals surface area contributed by atoms with Crippen LogP contribution in [0.15, 0.2) is 11.1 Å². The van der Waals surface area contributed by atoms with Crippen LogP contribution in [0.1, 0.15) is 19.8 Å². The molecule has 2 atom stereocenters. The van der Waals surface area contributed by atoms with Gasteiger partial charge < -0.3 is 10.6 Å². The lowest BCUT2D eigenvalue weighted by molar-refractivity contribution is -0.124. The Morgan fingerprint density at radius 3 is 3.00 bits per heavy atom. The molecule has 0 aromatic carbocycles. The van der Waals surface area contributed by atoms with E-state index in [-0.39, 0.29) is 11.9 Å². The van der Waals surface area contributed by atoms with Gasteiger partial charge in [0.25, 0.3) is 0 Å². The van der Waals surface area contributed by atoms with Gasteiger partial charge in [0.1, 0.15) is 0 Å². The molecule has 0 spiro atoms. The van der Waals surface area contributed by atoms with Crippen molar-refractivity contribution in [3.05, 3.63) is 11.1 Å². The first-order chi connectivity index (χ1) is 6.61. The third-order valence-corrected chi connectivity index (χ3v) is 2.79. The fourth-order valence-electron chi connectivity index (χ4n) is 1.69. The zero-order valence-electron chi connectivity index (χ0n) is 8.48. The van der Waals surface area contributed by atoms with Crippen molar-refractivity contribution in [2.45, 2.75) is 25.8 Å². The Hall–Kier alpha value is -0.350. The SMILES string of the molecule is C=C(Br)CNC(=O)C1NCCCC1C. The Bertz CT molecular complexity index is 230. The minimum absolute atomic E-state index is 0.0319. The highest BCUT2D eigenvalue weighted by Gasteiger charge is 2.26. The summed E-state index contributed by atoms with van der Waals surface area (Å²) in [6, 6.07) is -0.0319. The molecule has 4 heteroatoms. The van der Waals surface area contributed by atoms with E-state index in [1.165, 1.54) is 0 Å². The maximum absolute atomic E-state index is 11.7. The van der Waals surface area contributed by atoms with Crippen molar-refractivity contribution < 1.29 is 4.79 Å². The van der Waals surface area contributed by atoms with Crippen molar-refractivity contribution in [1.82, 2.24) is 10.6 Å². The van der Waals surface area contributed by atoms with Gasteiger partial charge in [0.2, 0.25) is 5.91 Å². The first-order valence-electron chi connectivity index (χ1n) is 4.95. The summed E-state index contributed by atoms with van der Waals surface area (Å²) in [4.78, 5) is 11.7. The number of hydrogen-bond acceptors (Lipinski definition) is 2. The molecule has 80 valence electrons. The Kier molecular flexibility index (Phi) is 4.62. The molecule has 1 heterocycles. The topological polar surface area (TPSA) is 41.1 Å². The van der Waals surface area contributed by atoms with Gasteiger partial charge in [-0.05, 0) is 25.3 Å². The van der Waals surface area contributed by atoms with E-state index >= 15 is 0 Å². The van der Waals surface area contributed by atoms with Crippen LogP contribution in [0.3, 0.4) is 0 Å². The van der Waals surface area contributed by atoms with Crippen LogP contribution in [-0.2, 0) is 4.79 Å². The second-order valence-corrected chi connectivity index (χ2v) is 4.91. The molecular formula is C10H17BrN2O. The van der Waals surface area contributed by atoms with Crippen molar-refractivity contribution in [2.24, 2.45) is 5.92 Å². The highest BCUT2D eigenvalue weighted by molar-refractivity contribution is 9.11. The summed E-state index contributed by atoms with van der Waals surface area (Å²) < 4.78 is 0.800. The van der Waals surface area contributed by atoms with Gasteiger partial charge in [0.15, 0.2) is 0 Å². The molecule has 0 bridgehead atoms. The molecule has 1 aliphatic heterocycles. The monoisotopic (exact) mass is 260 g/mol. The first kappa shape index (κ1) is 11.7. The third-order valence-electron chi connectivity index (χ3n) is 2.51. The van der Waals surface area contributed by atoms with E-state index in [0.29, 0.717) is 12.5 Å². The van der Waals surface area contributed by atoms with E-state index in [0.717, 1.165) is 23.9 Å². The van der Waals surface area contributed by atoms with Crippen molar-refractivity contribution in [3.8, 4) is 0 Å². The van der Waals surface area contributed by atoms with Gasteiger partial charge in [0, 0.05) is 11.0 Å². The molecule has 1 fully saturated rings. The van der Waals surface area contributed by atoms with Crippen LogP contribution in [0.4, 0.5) is 0 Å². The average Bonchev–Trinajstić information content (AvgIpc) is 2.15. The van der Waals surface area contributed by atoms with Gasteiger partial charge in [-0.25, -0.2) is 0 Å². The van der Waals surface area contributed by atoms with E-state index in [1.807, 2.05) is 0 Å². The van der Waals surface area contributed by atoms with Crippen molar-refractivity contribution in [1.29, 1.82) is 0 Å². The molecule has 0 aromatic heterocycles. The Labute approximate surface area is 93.5 Å². The fraction of sp³-hybridized carbons (Fsp3) is 0.700. The summed E-state index contributed by atoms with van der Waals surface area (Å²) in [5.74, 6) is 0.505. The minimum Gasteiger partial charge on any atom is -0.350 e. The summed E-state index contributed by atoms with van der Waals surface area (Å²) in [5, 5.41) is 6.07. The second kappa shape index (κ2) is 5.51. The average molecular weight is 261 g/mol. The molecule has 1 saturated heterocycles. The zero-order chi connectivity index (χ0) is 10.6. The Morgan fingerprint density at radius 1 is 1.71 bits per heavy atom. The smallest absolute Gasteiger partial charge is 0.237 e. The Morgan fingerprint density at radius 2 is 2.43 bits per heavy atom. The number of hydrogen-bond donors (Lipinski definition) is 2. The molecule has 2 unspecified atom stereocenters. The largest absolute Gasteiger partial charge is 0.350 e. The third kappa shape index (κ3) is 3.42. The standard InChI is InChI=1S/C10H17BrN2O/c1-7-4-3-5-12-9(7)10(14)13-6-8(2)11/h7,9,12H,2-6H2,1H3,(H,13,14). The predicted octanol–water partition coefficient (Wildman–Crippen LogP) is 1.40. The molecule has 1 amide bonds. The second-order valence-electron chi connectivity index (χ2n) is 3.79. The van der Waals surface area contributed by atoms with Gasteiger partial charge in [-0.15, -0.1) is 0 Å². The number of nitrogens with one attached hydrogen (secondary N) is 2. The van der Waals surface area contributed by atoms with E-state index in [4.69, 9.17) is 0 Å². The highest BCUT2D eigenvalue weighted by Crippen LogP contribution is 2.15. The quantitative estimate of drug-likeness (QED) is 0.806. The van der Waals surface area contributed by atoms with Crippen molar-refractivity contribution >= 4 is 21.8 Å². The van der Waals surface area contributed by atoms with Crippen LogP contribution < -0.4 is 10.6 Å². The highest BCUT2D eigenvalue weighted by atomic mass is 79.9. The summed E-state index contributed by atoms with van der Waals surface area (Å²) in [6.45, 7) is 7.23. The number of piperidine rings is 1. The molecule has 0 aliphatic carbocycles. The van der Waals surface area contributed by atoms with E-state index in [1.54, 1.807) is 0 Å². The number of rotatable bonds is 3. The van der Waals surface area contributed by atoms with E-state index in [9.17, 15) is 4.79 Å². The first-order valence-corrected chi connectivity index (χ1v) is 5.75. The number of carbonyl (C=O) groups is 1. The minimum atomic E-state index is -0.0319. The normalized spacial score (nSPS) is 27.0. The maximum Gasteiger partial charge on any atom is 0.237 e. The van der Waals surface area contributed by atoms with Crippen LogP contribution in [0.2, 0.25) is 0 Å². The van der Waals surface area contributed by atoms with Gasteiger partial charge in [-0.3, -0.25) is 4.79 Å². The molecule has 0 radical (unpaired) electrons. The maximum atomic E-state index is 11.7. The number of carbonyl (C=O) groups excluding carboxylic acids is 1. The van der Waals surface area contributed by atoms with Gasteiger partial charge >= 0.3 is 0 Å². The number of halogens is 1. The lowest BCUT2D eigenvalue weighted by Crippen LogP contribution is -2.51. The molecule has 1 aliphatic rings. The van der Waals surface area contributed by atoms with Crippen LogP contribution in [0.5, 0.6) is 0 Å². The summed E-state index contributed by atoms with van der Waals surface area (Å²) in [6.07, 6.45) is 2.29. The molecule has 0 aromatic rings. The van der Waals surface area contributed by atoms with Gasteiger partial charge in [0.05, 0.1) is 6.04 Å². The predicted molar refractivity (Wildman–Crippen MR) is 61.3 cm³/mol. The Balaban J connectivity index is 2.38. The molecule has 3 nitrogen and oxygen atoms in total. The van der Waals surface area contributed by atoms with E-state index in [2.05, 4.69) is 40.1 Å². The zero-order valence-corrected chi connectivity index (χ0v) is 10.1. The summed E-state index contributed by atoms with van der Waals surface area (Å²) in [7, 11) is 0. The van der Waals surface area contributed by atoms with Gasteiger partial charge in [-0.1, -0.05) is 29.4 Å².